The van der Waals surface area contributed by atoms with Gasteiger partial charge in [-0.15, -0.1) is 0 Å². The van der Waals surface area contributed by atoms with E-state index in [1.807, 2.05) is 6.07 Å². The second-order valence-electron chi connectivity index (χ2n) is 4.89. The number of rotatable bonds is 6. The molecule has 0 aliphatic heterocycles. The first-order chi connectivity index (χ1) is 9.72. The second kappa shape index (κ2) is 5.63. The van der Waals surface area contributed by atoms with Gasteiger partial charge in [0.1, 0.15) is 18.2 Å². The number of hydrogen-bond acceptors (Lipinski definition) is 3. The Kier molecular flexibility index (Phi) is 3.69. The van der Waals surface area contributed by atoms with E-state index in [0.29, 0.717) is 18.3 Å². The van der Waals surface area contributed by atoms with Crippen molar-refractivity contribution in [2.45, 2.75) is 32.0 Å². The van der Waals surface area contributed by atoms with Crippen LogP contribution in [0.3, 0.4) is 0 Å². The Hall–Kier alpha value is -1.88. The van der Waals surface area contributed by atoms with Gasteiger partial charge in [-0.05, 0) is 31.0 Å². The largest absolute Gasteiger partial charge is 0.483 e. The van der Waals surface area contributed by atoms with Crippen molar-refractivity contribution in [2.24, 2.45) is 0 Å². The van der Waals surface area contributed by atoms with Gasteiger partial charge in [-0.3, -0.25) is 0 Å². The minimum Gasteiger partial charge on any atom is -0.483 e. The molecule has 0 radical (unpaired) electrons. The molecule has 20 heavy (non-hydrogen) atoms. The predicted octanol–water partition coefficient (Wildman–Crippen LogP) is 3.39. The topological polar surface area (TPSA) is 34.4 Å². The maximum atomic E-state index is 13.4. The average Bonchev–Trinajstić information content (AvgIpc) is 3.14. The van der Waals surface area contributed by atoms with Crippen molar-refractivity contribution < 1.29 is 17.9 Å². The van der Waals surface area contributed by atoms with Crippen LogP contribution in [0.2, 0.25) is 0 Å². The molecule has 106 valence electrons. The fourth-order valence-electron chi connectivity index (χ4n) is 1.93. The fourth-order valence-corrected chi connectivity index (χ4v) is 1.93. The van der Waals surface area contributed by atoms with E-state index in [4.69, 9.17) is 9.15 Å². The lowest BCUT2D eigenvalue weighted by Gasteiger charge is -2.07. The van der Waals surface area contributed by atoms with Gasteiger partial charge < -0.3 is 14.5 Å². The number of benzene rings is 1. The van der Waals surface area contributed by atoms with Gasteiger partial charge in [-0.25, -0.2) is 8.78 Å². The Balaban J connectivity index is 1.61. The molecular formula is C15H15F2NO2. The SMILES string of the molecule is Fc1ccc(OCc2occc2CNC2CC2)c(F)c1. The molecule has 5 heteroatoms. The number of nitrogens with one attached hydrogen (secondary N) is 1. The van der Waals surface area contributed by atoms with Gasteiger partial charge >= 0.3 is 0 Å². The zero-order valence-electron chi connectivity index (χ0n) is 10.9. The van der Waals surface area contributed by atoms with E-state index >= 15 is 0 Å². The highest BCUT2D eigenvalue weighted by Gasteiger charge is 2.21. The summed E-state index contributed by atoms with van der Waals surface area (Å²) in [6, 6.07) is 5.71. The fraction of sp³-hybridized carbons (Fsp3) is 0.333. The molecule has 1 aromatic heterocycles. The van der Waals surface area contributed by atoms with Crippen LogP contribution in [-0.4, -0.2) is 6.04 Å². The lowest BCUT2D eigenvalue weighted by Crippen LogP contribution is -2.16. The highest BCUT2D eigenvalue weighted by Crippen LogP contribution is 2.22. The van der Waals surface area contributed by atoms with Gasteiger partial charge in [-0.1, -0.05) is 0 Å². The van der Waals surface area contributed by atoms with Crippen molar-refractivity contribution in [3.05, 3.63) is 53.5 Å². The molecule has 1 saturated carbocycles. The Morgan fingerprint density at radius 2 is 2.10 bits per heavy atom. The van der Waals surface area contributed by atoms with Crippen LogP contribution >= 0.6 is 0 Å². The standard InChI is InChI=1S/C15H15F2NO2/c16-11-1-4-14(13(17)7-11)20-9-15-10(5-6-19-15)8-18-12-2-3-12/h1,4-7,12,18H,2-3,8-9H2. The van der Waals surface area contributed by atoms with E-state index in [2.05, 4.69) is 5.32 Å². The molecule has 0 bridgehead atoms. The Bertz CT molecular complexity index is 593. The van der Waals surface area contributed by atoms with Crippen LogP contribution < -0.4 is 10.1 Å². The number of halogens is 2. The first kappa shape index (κ1) is 13.1. The summed E-state index contributed by atoms with van der Waals surface area (Å²) < 4.78 is 36.9. The Morgan fingerprint density at radius 1 is 1.25 bits per heavy atom. The van der Waals surface area contributed by atoms with E-state index in [0.717, 1.165) is 17.7 Å². The molecule has 1 heterocycles. The molecule has 2 aromatic rings. The number of ether oxygens (including phenoxy) is 1. The average molecular weight is 279 g/mol. The quantitative estimate of drug-likeness (QED) is 0.880. The summed E-state index contributed by atoms with van der Waals surface area (Å²) in [5.74, 6) is -0.665. The van der Waals surface area contributed by atoms with Gasteiger partial charge in [0, 0.05) is 24.2 Å². The maximum Gasteiger partial charge on any atom is 0.167 e. The third-order valence-corrected chi connectivity index (χ3v) is 3.25. The highest BCUT2D eigenvalue weighted by atomic mass is 19.1. The van der Waals surface area contributed by atoms with Crippen molar-refractivity contribution >= 4 is 0 Å². The Morgan fingerprint density at radius 3 is 2.85 bits per heavy atom. The molecule has 0 spiro atoms. The van der Waals surface area contributed by atoms with E-state index in [9.17, 15) is 8.78 Å². The lowest BCUT2D eigenvalue weighted by molar-refractivity contribution is 0.256. The molecule has 0 saturated heterocycles. The minimum atomic E-state index is -0.714. The van der Waals surface area contributed by atoms with Crippen LogP contribution in [0.5, 0.6) is 5.75 Å². The van der Waals surface area contributed by atoms with Crippen molar-refractivity contribution in [3.8, 4) is 5.75 Å². The van der Waals surface area contributed by atoms with Crippen molar-refractivity contribution in [3.63, 3.8) is 0 Å². The first-order valence-corrected chi connectivity index (χ1v) is 6.59. The Labute approximate surface area is 115 Å². The molecule has 0 atom stereocenters. The van der Waals surface area contributed by atoms with Crippen LogP contribution in [0.15, 0.2) is 34.9 Å². The third-order valence-electron chi connectivity index (χ3n) is 3.25. The predicted molar refractivity (Wildman–Crippen MR) is 69.3 cm³/mol. The maximum absolute atomic E-state index is 13.4. The second-order valence-corrected chi connectivity index (χ2v) is 4.89. The molecule has 1 aliphatic rings. The van der Waals surface area contributed by atoms with Crippen LogP contribution in [0.1, 0.15) is 24.2 Å². The van der Waals surface area contributed by atoms with Gasteiger partial charge in [0.25, 0.3) is 0 Å². The summed E-state index contributed by atoms with van der Waals surface area (Å²) in [7, 11) is 0. The van der Waals surface area contributed by atoms with Crippen LogP contribution in [0.25, 0.3) is 0 Å². The summed E-state index contributed by atoms with van der Waals surface area (Å²) in [6.07, 6.45) is 4.01. The number of hydrogen-bond donors (Lipinski definition) is 1. The molecule has 1 fully saturated rings. The summed E-state index contributed by atoms with van der Waals surface area (Å²) in [4.78, 5) is 0. The zero-order chi connectivity index (χ0) is 13.9. The zero-order valence-corrected chi connectivity index (χ0v) is 10.9. The molecule has 1 aliphatic carbocycles. The van der Waals surface area contributed by atoms with E-state index in [-0.39, 0.29) is 12.4 Å². The molecule has 0 amide bonds. The van der Waals surface area contributed by atoms with Gasteiger partial charge in [0.2, 0.25) is 0 Å². The molecular weight excluding hydrogens is 264 g/mol. The molecule has 0 unspecified atom stereocenters. The molecule has 3 rings (SSSR count). The van der Waals surface area contributed by atoms with E-state index in [1.165, 1.54) is 18.9 Å². The van der Waals surface area contributed by atoms with Crippen LogP contribution in [0, 0.1) is 11.6 Å². The highest BCUT2D eigenvalue weighted by molar-refractivity contribution is 5.25. The van der Waals surface area contributed by atoms with Gasteiger partial charge in [-0.2, -0.15) is 0 Å². The normalized spacial score (nSPS) is 14.5. The summed E-state index contributed by atoms with van der Waals surface area (Å²) in [6.45, 7) is 0.836. The summed E-state index contributed by atoms with van der Waals surface area (Å²) >= 11 is 0. The minimum absolute atomic E-state index is 0.0175. The van der Waals surface area contributed by atoms with Crippen molar-refractivity contribution in [1.82, 2.24) is 5.32 Å². The van der Waals surface area contributed by atoms with E-state index in [1.54, 1.807) is 6.26 Å². The van der Waals surface area contributed by atoms with Crippen LogP contribution in [0.4, 0.5) is 8.78 Å². The van der Waals surface area contributed by atoms with Gasteiger partial charge in [0.05, 0.1) is 6.26 Å². The monoisotopic (exact) mass is 279 g/mol. The molecule has 3 nitrogen and oxygen atoms in total. The summed E-state index contributed by atoms with van der Waals surface area (Å²) in [5, 5.41) is 3.38. The first-order valence-electron chi connectivity index (χ1n) is 6.59. The van der Waals surface area contributed by atoms with Gasteiger partial charge in [0.15, 0.2) is 11.6 Å². The van der Waals surface area contributed by atoms with Crippen LogP contribution in [-0.2, 0) is 13.2 Å². The lowest BCUT2D eigenvalue weighted by atomic mass is 10.2. The third kappa shape index (κ3) is 3.17. The molecule has 1 N–H and O–H groups in total. The summed E-state index contributed by atoms with van der Waals surface area (Å²) in [5.41, 5.74) is 0.999. The van der Waals surface area contributed by atoms with E-state index < -0.39 is 11.6 Å². The molecule has 1 aromatic carbocycles. The van der Waals surface area contributed by atoms with Crippen molar-refractivity contribution in [2.75, 3.05) is 0 Å². The smallest absolute Gasteiger partial charge is 0.167 e. The van der Waals surface area contributed by atoms with Crippen molar-refractivity contribution in [1.29, 1.82) is 0 Å². The number of furan rings is 1.